The van der Waals surface area contributed by atoms with Crippen LogP contribution in [0.1, 0.15) is 33.3 Å². The number of aromatic carboxylic acids is 1. The molecule has 2 aromatic rings. The van der Waals surface area contributed by atoms with Crippen LogP contribution in [0, 0.1) is 0 Å². The Bertz CT molecular complexity index is 1180. The fraction of sp³-hybridized carbons (Fsp3) is 0.304. The van der Waals surface area contributed by atoms with Crippen molar-refractivity contribution in [3.63, 3.8) is 0 Å². The highest BCUT2D eigenvalue weighted by Gasteiger charge is 2.46. The Morgan fingerprint density at radius 1 is 1.14 bits per heavy atom. The number of hydrogen-bond donors (Lipinski definition) is 3. The molecule has 1 aromatic carbocycles. The van der Waals surface area contributed by atoms with E-state index in [-0.39, 0.29) is 42.5 Å². The number of hydrogen-bond acceptors (Lipinski definition) is 8. The molecule has 3 N–H and O–H groups in total. The Morgan fingerprint density at radius 3 is 2.43 bits per heavy atom. The highest BCUT2D eigenvalue weighted by Crippen LogP contribution is 2.39. The van der Waals surface area contributed by atoms with Crippen molar-refractivity contribution < 1.29 is 43.6 Å². The third-order valence-electron chi connectivity index (χ3n) is 5.62. The summed E-state index contributed by atoms with van der Waals surface area (Å²) in [6.45, 7) is 1.44. The first-order chi connectivity index (χ1) is 16.7. The van der Waals surface area contributed by atoms with E-state index in [0.29, 0.717) is 10.4 Å². The number of carboxylic acids is 2. The van der Waals surface area contributed by atoms with Gasteiger partial charge in [-0.15, -0.1) is 11.3 Å². The Morgan fingerprint density at radius 2 is 1.83 bits per heavy atom. The number of anilines is 1. The van der Waals surface area contributed by atoms with E-state index in [2.05, 4.69) is 5.32 Å². The summed E-state index contributed by atoms with van der Waals surface area (Å²) in [5.41, 5.74) is 1.11. The van der Waals surface area contributed by atoms with Crippen molar-refractivity contribution >= 4 is 40.1 Å². The number of rotatable bonds is 7. The van der Waals surface area contributed by atoms with Crippen LogP contribution in [0.2, 0.25) is 0 Å². The normalized spacial score (nSPS) is 17.6. The summed E-state index contributed by atoms with van der Waals surface area (Å²) in [6, 6.07) is 9.35. The first kappa shape index (κ1) is 24.2. The molecule has 2 aliphatic rings. The topological polar surface area (TPSA) is 152 Å². The molecule has 184 valence electrons. The third-order valence-corrected chi connectivity index (χ3v) is 6.74. The molecule has 0 radical (unpaired) electrons. The van der Waals surface area contributed by atoms with Crippen molar-refractivity contribution in [1.82, 2.24) is 4.90 Å². The number of carbonyl (C=O) groups excluding carboxylic acids is 2. The second-order valence-electron chi connectivity index (χ2n) is 7.92. The van der Waals surface area contributed by atoms with E-state index < -0.39 is 29.9 Å². The molecule has 0 fully saturated rings. The summed E-state index contributed by atoms with van der Waals surface area (Å²) < 4.78 is 17.4. The number of benzene rings is 1. The van der Waals surface area contributed by atoms with E-state index in [1.807, 2.05) is 30.3 Å². The van der Waals surface area contributed by atoms with Crippen molar-refractivity contribution in [2.45, 2.75) is 38.4 Å². The Balaban J connectivity index is 1.58. The fourth-order valence-corrected chi connectivity index (χ4v) is 5.22. The lowest BCUT2D eigenvalue weighted by molar-refractivity contribution is -0.246. The lowest BCUT2D eigenvalue weighted by Gasteiger charge is -2.40. The van der Waals surface area contributed by atoms with E-state index in [1.54, 1.807) is 0 Å². The summed E-state index contributed by atoms with van der Waals surface area (Å²) in [6.07, 6.45) is 2.47. The molecule has 1 atom stereocenters. The molecular formula is C23H22N2O9S. The number of carbonyl (C=O) groups is 4. The quantitative estimate of drug-likeness (QED) is 0.484. The average Bonchev–Trinajstić information content (AvgIpc) is 3.42. The van der Waals surface area contributed by atoms with Crippen LogP contribution in [0.15, 0.2) is 42.9 Å². The molecule has 2 aliphatic heterocycles. The van der Waals surface area contributed by atoms with Crippen LogP contribution in [0.25, 0.3) is 0 Å². The first-order valence-electron chi connectivity index (χ1n) is 10.6. The van der Waals surface area contributed by atoms with E-state index in [0.717, 1.165) is 16.9 Å². The molecule has 3 heterocycles. The van der Waals surface area contributed by atoms with Gasteiger partial charge in [-0.25, -0.2) is 9.59 Å². The Labute approximate surface area is 203 Å². The molecule has 0 spiro atoms. The van der Waals surface area contributed by atoms with Crippen LogP contribution in [0.5, 0.6) is 0 Å². The molecule has 1 aromatic heterocycles. The van der Waals surface area contributed by atoms with Gasteiger partial charge in [0, 0.05) is 18.2 Å². The van der Waals surface area contributed by atoms with Crippen LogP contribution in [0.3, 0.4) is 0 Å². The molecular weight excluding hydrogens is 480 g/mol. The van der Waals surface area contributed by atoms with Gasteiger partial charge >= 0.3 is 23.8 Å². The van der Waals surface area contributed by atoms with E-state index in [4.69, 9.17) is 19.3 Å². The van der Waals surface area contributed by atoms with Gasteiger partial charge in [0.1, 0.15) is 17.5 Å². The summed E-state index contributed by atoms with van der Waals surface area (Å²) in [5, 5.41) is 20.7. The minimum atomic E-state index is -1.73. The van der Waals surface area contributed by atoms with Gasteiger partial charge in [0.15, 0.2) is 0 Å². The van der Waals surface area contributed by atoms with Crippen molar-refractivity contribution in [3.8, 4) is 0 Å². The predicted molar refractivity (Wildman–Crippen MR) is 121 cm³/mol. The monoisotopic (exact) mass is 502 g/mol. The van der Waals surface area contributed by atoms with Gasteiger partial charge < -0.3 is 29.7 Å². The van der Waals surface area contributed by atoms with E-state index in [1.165, 1.54) is 24.3 Å². The molecule has 0 saturated heterocycles. The average molecular weight is 503 g/mol. The minimum Gasteiger partial charge on any atom is -0.478 e. The van der Waals surface area contributed by atoms with Crippen molar-refractivity contribution in [2.24, 2.45) is 0 Å². The molecule has 35 heavy (non-hydrogen) atoms. The van der Waals surface area contributed by atoms with Crippen LogP contribution >= 0.6 is 11.3 Å². The number of thiophene rings is 1. The maximum absolute atomic E-state index is 12.7. The summed E-state index contributed by atoms with van der Waals surface area (Å²) in [7, 11) is 0. The third kappa shape index (κ3) is 4.98. The molecule has 0 aliphatic carbocycles. The molecule has 2 amide bonds. The molecule has 0 saturated carbocycles. The van der Waals surface area contributed by atoms with Gasteiger partial charge in [-0.2, -0.15) is 0 Å². The molecule has 11 nitrogen and oxygen atoms in total. The number of fused-ring (bicyclic) bond motifs is 1. The van der Waals surface area contributed by atoms with Gasteiger partial charge in [0.25, 0.3) is 0 Å². The SMILES string of the molecule is CC(=O)N(CC1Cc2c(sc(NC(=O)C(=O)O)c2C(=O)O)CO1)C1(Cc2ccccc2)OC=CO1. The Hall–Kier alpha value is -3.90. The van der Waals surface area contributed by atoms with Crippen molar-refractivity contribution in [3.05, 3.63) is 64.4 Å². The molecule has 12 heteroatoms. The zero-order chi connectivity index (χ0) is 25.2. The van der Waals surface area contributed by atoms with Crippen molar-refractivity contribution in [1.29, 1.82) is 0 Å². The van der Waals surface area contributed by atoms with Crippen molar-refractivity contribution in [2.75, 3.05) is 11.9 Å². The van der Waals surface area contributed by atoms with E-state index in [9.17, 15) is 24.3 Å². The molecule has 0 bridgehead atoms. The number of ether oxygens (including phenoxy) is 3. The molecule has 4 rings (SSSR count). The first-order valence-corrected chi connectivity index (χ1v) is 11.4. The lowest BCUT2D eigenvalue weighted by Crippen LogP contribution is -2.56. The highest BCUT2D eigenvalue weighted by molar-refractivity contribution is 7.17. The smallest absolute Gasteiger partial charge is 0.394 e. The summed E-state index contributed by atoms with van der Waals surface area (Å²) >= 11 is 0.949. The second kappa shape index (κ2) is 9.76. The van der Waals surface area contributed by atoms with Gasteiger partial charge in [-0.3, -0.25) is 14.5 Å². The number of nitrogens with zero attached hydrogens (tertiary/aromatic N) is 1. The zero-order valence-corrected chi connectivity index (χ0v) is 19.4. The minimum absolute atomic E-state index is 0.0330. The number of aliphatic carboxylic acids is 1. The van der Waals surface area contributed by atoms with Gasteiger partial charge in [-0.05, 0) is 11.1 Å². The summed E-state index contributed by atoms with van der Waals surface area (Å²) in [4.78, 5) is 49.1. The van der Waals surface area contributed by atoms with Gasteiger partial charge in [0.05, 0.1) is 31.2 Å². The van der Waals surface area contributed by atoms with E-state index >= 15 is 0 Å². The predicted octanol–water partition coefficient (Wildman–Crippen LogP) is 2.17. The summed E-state index contributed by atoms with van der Waals surface area (Å²) in [5.74, 6) is -6.14. The maximum Gasteiger partial charge on any atom is 0.394 e. The maximum atomic E-state index is 12.7. The number of nitrogens with one attached hydrogen (secondary N) is 1. The van der Waals surface area contributed by atoms with Crippen LogP contribution in [-0.2, 0) is 48.0 Å². The fourth-order valence-electron chi connectivity index (χ4n) is 4.08. The number of amides is 2. The largest absolute Gasteiger partial charge is 0.478 e. The van der Waals surface area contributed by atoms with Crippen LogP contribution in [-0.4, -0.2) is 57.4 Å². The molecule has 1 unspecified atom stereocenters. The van der Waals surface area contributed by atoms with Gasteiger partial charge in [-0.1, -0.05) is 30.3 Å². The Kier molecular flexibility index (Phi) is 6.76. The lowest BCUT2D eigenvalue weighted by atomic mass is 10.00. The van der Waals surface area contributed by atoms with Crippen LogP contribution in [0.4, 0.5) is 5.00 Å². The zero-order valence-electron chi connectivity index (χ0n) is 18.6. The second-order valence-corrected chi connectivity index (χ2v) is 9.03. The highest BCUT2D eigenvalue weighted by atomic mass is 32.1. The number of carboxylic acid groups (broad SMARTS) is 2. The standard InChI is InChI=1S/C23H22N2O9S/c1-13(26)25(23(33-7-8-34-23)10-14-5-3-2-4-6-14)11-15-9-16-17(12-32-15)35-20(18(16)21(28)29)24-19(27)22(30)31/h2-8,15H,9-12H2,1H3,(H,24,27)(H,28,29)(H,30,31). The van der Waals surface area contributed by atoms with Gasteiger partial charge in [0.2, 0.25) is 5.91 Å². The van der Waals surface area contributed by atoms with Crippen LogP contribution < -0.4 is 5.32 Å².